The number of aromatic hydroxyl groups is 1. The second-order valence-corrected chi connectivity index (χ2v) is 4.20. The molecule has 3 N–H and O–H groups in total. The summed E-state index contributed by atoms with van der Waals surface area (Å²) >= 11 is 0. The molecule has 0 spiro atoms. The second-order valence-electron chi connectivity index (χ2n) is 4.20. The molecule has 4 nitrogen and oxygen atoms in total. The largest absolute Gasteiger partial charge is 0.505 e. The van der Waals surface area contributed by atoms with Gasteiger partial charge in [0.05, 0.1) is 11.3 Å². The van der Waals surface area contributed by atoms with E-state index in [0.29, 0.717) is 22.6 Å². The predicted octanol–water partition coefficient (Wildman–Crippen LogP) is 2.76. The third-order valence-corrected chi connectivity index (χ3v) is 2.80. The van der Waals surface area contributed by atoms with Gasteiger partial charge in [0.15, 0.2) is 5.78 Å². The summed E-state index contributed by atoms with van der Waals surface area (Å²) in [5.41, 5.74) is 7.02. The summed E-state index contributed by atoms with van der Waals surface area (Å²) in [4.78, 5) is 11.4. The fourth-order valence-corrected chi connectivity index (χ4v) is 1.77. The van der Waals surface area contributed by atoms with E-state index in [1.165, 1.54) is 6.92 Å². The van der Waals surface area contributed by atoms with E-state index >= 15 is 0 Å². The predicted molar refractivity (Wildman–Crippen MR) is 73.3 cm³/mol. The molecule has 0 aliphatic rings. The summed E-state index contributed by atoms with van der Waals surface area (Å²) in [6.45, 7) is 1.64. The van der Waals surface area contributed by atoms with Crippen LogP contribution in [0.25, 0.3) is 0 Å². The molecule has 0 saturated heterocycles. The molecule has 0 aliphatic heterocycles. The zero-order chi connectivity index (χ0) is 13.8. The Bertz CT molecular complexity index is 608. The number of hydrogen-bond acceptors (Lipinski definition) is 4. The van der Waals surface area contributed by atoms with Gasteiger partial charge >= 0.3 is 0 Å². The number of para-hydroxylation sites is 2. The third kappa shape index (κ3) is 2.85. The first-order valence-corrected chi connectivity index (χ1v) is 5.88. The Morgan fingerprint density at radius 3 is 2.68 bits per heavy atom. The van der Waals surface area contributed by atoms with Gasteiger partial charge in [0.1, 0.15) is 18.1 Å². The minimum Gasteiger partial charge on any atom is -0.505 e. The van der Waals surface area contributed by atoms with Crippen molar-refractivity contribution in [3.63, 3.8) is 0 Å². The number of carbonyl (C=O) groups excluding carboxylic acids is 1. The van der Waals surface area contributed by atoms with Gasteiger partial charge in [-0.1, -0.05) is 24.3 Å². The molecule has 2 aromatic rings. The Hall–Kier alpha value is -2.49. The van der Waals surface area contributed by atoms with Crippen LogP contribution in [-0.4, -0.2) is 10.9 Å². The standard InChI is InChI=1S/C15H15NO3/c1-10(17)12-6-2-3-8-14(12)19-9-11-5-4-7-13(16)15(11)18/h2-8,18H,9,16H2,1H3. The number of phenolic OH excluding ortho intramolecular Hbond substituents is 1. The molecule has 0 saturated carbocycles. The topological polar surface area (TPSA) is 72.5 Å². The Kier molecular flexibility index (Phi) is 3.71. The quantitative estimate of drug-likeness (QED) is 0.502. The van der Waals surface area contributed by atoms with Gasteiger partial charge in [-0.2, -0.15) is 0 Å². The lowest BCUT2D eigenvalue weighted by Crippen LogP contribution is -2.02. The SMILES string of the molecule is CC(=O)c1ccccc1OCc1cccc(N)c1O. The van der Waals surface area contributed by atoms with Gasteiger partial charge in [-0.3, -0.25) is 4.79 Å². The highest BCUT2D eigenvalue weighted by atomic mass is 16.5. The number of nitrogens with two attached hydrogens (primary N) is 1. The highest BCUT2D eigenvalue weighted by Gasteiger charge is 2.09. The van der Waals surface area contributed by atoms with Crippen LogP contribution in [-0.2, 0) is 6.61 Å². The normalized spacial score (nSPS) is 10.2. The molecule has 0 heterocycles. The van der Waals surface area contributed by atoms with Gasteiger partial charge in [0.2, 0.25) is 0 Å². The van der Waals surface area contributed by atoms with E-state index in [9.17, 15) is 9.90 Å². The Morgan fingerprint density at radius 2 is 1.95 bits per heavy atom. The summed E-state index contributed by atoms with van der Waals surface area (Å²) < 4.78 is 5.58. The molecule has 0 aliphatic carbocycles. The molecule has 19 heavy (non-hydrogen) atoms. The van der Waals surface area contributed by atoms with Gasteiger partial charge in [0, 0.05) is 5.56 Å². The molecule has 98 valence electrons. The van der Waals surface area contributed by atoms with Crippen molar-refractivity contribution in [3.8, 4) is 11.5 Å². The van der Waals surface area contributed by atoms with Crippen molar-refractivity contribution in [3.05, 3.63) is 53.6 Å². The van der Waals surface area contributed by atoms with Crippen LogP contribution in [0.4, 0.5) is 5.69 Å². The maximum atomic E-state index is 11.4. The van der Waals surface area contributed by atoms with Crippen molar-refractivity contribution in [2.45, 2.75) is 13.5 Å². The van der Waals surface area contributed by atoms with Crippen LogP contribution in [0.2, 0.25) is 0 Å². The van der Waals surface area contributed by atoms with Crippen LogP contribution in [0, 0.1) is 0 Å². The zero-order valence-electron chi connectivity index (χ0n) is 10.6. The summed E-state index contributed by atoms with van der Waals surface area (Å²) in [6, 6.07) is 12.1. The van der Waals surface area contributed by atoms with E-state index in [0.717, 1.165) is 0 Å². The number of benzene rings is 2. The van der Waals surface area contributed by atoms with Crippen molar-refractivity contribution in [1.82, 2.24) is 0 Å². The zero-order valence-corrected chi connectivity index (χ0v) is 10.6. The van der Waals surface area contributed by atoms with Crippen LogP contribution in [0.1, 0.15) is 22.8 Å². The monoisotopic (exact) mass is 257 g/mol. The van der Waals surface area contributed by atoms with Gasteiger partial charge in [-0.05, 0) is 25.1 Å². The maximum absolute atomic E-state index is 11.4. The van der Waals surface area contributed by atoms with E-state index in [1.807, 2.05) is 0 Å². The number of nitrogen functional groups attached to an aromatic ring is 1. The van der Waals surface area contributed by atoms with E-state index in [-0.39, 0.29) is 18.1 Å². The molecule has 0 aromatic heterocycles. The van der Waals surface area contributed by atoms with Crippen molar-refractivity contribution < 1.29 is 14.6 Å². The highest BCUT2D eigenvalue weighted by molar-refractivity contribution is 5.96. The highest BCUT2D eigenvalue weighted by Crippen LogP contribution is 2.26. The number of hydrogen-bond donors (Lipinski definition) is 2. The van der Waals surface area contributed by atoms with Crippen molar-refractivity contribution in [2.75, 3.05) is 5.73 Å². The van der Waals surface area contributed by atoms with Crippen molar-refractivity contribution in [1.29, 1.82) is 0 Å². The van der Waals surface area contributed by atoms with E-state index in [4.69, 9.17) is 10.5 Å². The van der Waals surface area contributed by atoms with Gasteiger partial charge < -0.3 is 15.6 Å². The number of rotatable bonds is 4. The van der Waals surface area contributed by atoms with Crippen LogP contribution in [0.3, 0.4) is 0 Å². The molecule has 2 aromatic carbocycles. The molecule has 0 unspecified atom stereocenters. The number of anilines is 1. The molecular weight excluding hydrogens is 242 g/mol. The lowest BCUT2D eigenvalue weighted by atomic mass is 10.1. The minimum atomic E-state index is -0.0626. The smallest absolute Gasteiger partial charge is 0.163 e. The fraction of sp³-hybridized carbons (Fsp3) is 0.133. The molecule has 0 radical (unpaired) electrons. The van der Waals surface area contributed by atoms with E-state index in [2.05, 4.69) is 0 Å². The average molecular weight is 257 g/mol. The average Bonchev–Trinajstić information content (AvgIpc) is 2.40. The van der Waals surface area contributed by atoms with Crippen LogP contribution in [0.15, 0.2) is 42.5 Å². The van der Waals surface area contributed by atoms with Crippen LogP contribution in [0.5, 0.6) is 11.5 Å². The maximum Gasteiger partial charge on any atom is 0.163 e. The summed E-state index contributed by atoms with van der Waals surface area (Å²) in [5, 5.41) is 9.78. The first-order valence-electron chi connectivity index (χ1n) is 5.88. The molecule has 2 rings (SSSR count). The third-order valence-electron chi connectivity index (χ3n) is 2.80. The molecule has 0 bridgehead atoms. The van der Waals surface area contributed by atoms with E-state index < -0.39 is 0 Å². The minimum absolute atomic E-state index is 0.0165. The van der Waals surface area contributed by atoms with Crippen LogP contribution >= 0.6 is 0 Å². The molecule has 0 fully saturated rings. The Labute approximate surface area is 111 Å². The second kappa shape index (κ2) is 5.44. The Balaban J connectivity index is 2.19. The molecule has 4 heteroatoms. The Morgan fingerprint density at radius 1 is 1.21 bits per heavy atom. The van der Waals surface area contributed by atoms with E-state index in [1.54, 1.807) is 42.5 Å². The van der Waals surface area contributed by atoms with Crippen LogP contribution < -0.4 is 10.5 Å². The lowest BCUT2D eigenvalue weighted by molar-refractivity contribution is 0.101. The summed E-state index contributed by atoms with van der Waals surface area (Å²) in [7, 11) is 0. The summed E-state index contributed by atoms with van der Waals surface area (Å²) in [6.07, 6.45) is 0. The number of phenols is 1. The number of carbonyl (C=O) groups is 1. The molecular formula is C15H15NO3. The molecule has 0 atom stereocenters. The van der Waals surface area contributed by atoms with Crippen molar-refractivity contribution >= 4 is 11.5 Å². The fourth-order valence-electron chi connectivity index (χ4n) is 1.77. The van der Waals surface area contributed by atoms with Gasteiger partial charge in [-0.15, -0.1) is 0 Å². The lowest BCUT2D eigenvalue weighted by Gasteiger charge is -2.11. The summed E-state index contributed by atoms with van der Waals surface area (Å²) in [5.74, 6) is 0.451. The first-order chi connectivity index (χ1) is 9.09. The number of Topliss-reactive ketones (excluding diaryl/α,β-unsaturated/α-hetero) is 1. The van der Waals surface area contributed by atoms with Crippen molar-refractivity contribution in [2.24, 2.45) is 0 Å². The van der Waals surface area contributed by atoms with Gasteiger partial charge in [0.25, 0.3) is 0 Å². The number of ketones is 1. The molecule has 0 amide bonds. The first kappa shape index (κ1) is 13.0. The van der Waals surface area contributed by atoms with Gasteiger partial charge in [-0.25, -0.2) is 0 Å². The number of ether oxygens (including phenoxy) is 1.